The van der Waals surface area contributed by atoms with E-state index in [1.807, 2.05) is 19.1 Å². The smallest absolute Gasteiger partial charge is 0.465 e. The van der Waals surface area contributed by atoms with E-state index < -0.39 is 22.6 Å². The quantitative estimate of drug-likeness (QED) is 0.540. The third-order valence-electron chi connectivity index (χ3n) is 4.67. The number of hydrogen-bond donors (Lipinski definition) is 3. The highest BCUT2D eigenvalue weighted by Crippen LogP contribution is 2.41. The molecular formula is C21H22N3O5+. The van der Waals surface area contributed by atoms with Crippen LogP contribution >= 0.6 is 0 Å². The predicted molar refractivity (Wildman–Crippen MR) is 108 cm³/mol. The molecule has 8 heteroatoms. The molecule has 2 amide bonds. The monoisotopic (exact) mass is 396 g/mol. The van der Waals surface area contributed by atoms with Crippen LogP contribution < -0.4 is 15.8 Å². The second-order valence-corrected chi connectivity index (χ2v) is 6.87. The lowest BCUT2D eigenvalue weighted by Gasteiger charge is -2.25. The van der Waals surface area contributed by atoms with Gasteiger partial charge < -0.3 is 15.6 Å². The second-order valence-electron chi connectivity index (χ2n) is 6.87. The zero-order valence-electron chi connectivity index (χ0n) is 16.1. The van der Waals surface area contributed by atoms with Crippen LogP contribution in [0.15, 0.2) is 54.7 Å². The Morgan fingerprint density at radius 2 is 1.72 bits per heavy atom. The maximum atomic E-state index is 12.8. The van der Waals surface area contributed by atoms with Crippen LogP contribution in [0, 0.1) is 0 Å². The summed E-state index contributed by atoms with van der Waals surface area (Å²) in [6, 6.07) is 12.6. The van der Waals surface area contributed by atoms with Crippen molar-refractivity contribution < 1.29 is 24.2 Å². The first-order valence-electron chi connectivity index (χ1n) is 8.99. The molecule has 1 unspecified atom stereocenters. The molecule has 0 radical (unpaired) electrons. The number of nitrogens with zero attached hydrogens (tertiary/aromatic N) is 1. The topological polar surface area (TPSA) is 119 Å². The molecule has 150 valence electrons. The van der Waals surface area contributed by atoms with Gasteiger partial charge >= 0.3 is 12.1 Å². The molecule has 0 saturated carbocycles. The predicted octanol–water partition coefficient (Wildman–Crippen LogP) is 2.90. The molecule has 4 N–H and O–H groups in total. The van der Waals surface area contributed by atoms with Gasteiger partial charge in [0.25, 0.3) is 5.91 Å². The summed E-state index contributed by atoms with van der Waals surface area (Å²) in [6.45, 7) is 1.83. The van der Waals surface area contributed by atoms with E-state index in [0.717, 1.165) is 11.1 Å². The number of nitrogens with two attached hydrogens (primary N) is 1. The number of esters is 1. The number of hydrogen-bond acceptors (Lipinski definition) is 5. The number of rotatable bonds is 4. The van der Waals surface area contributed by atoms with Crippen molar-refractivity contribution >= 4 is 29.2 Å². The number of para-hydroxylation sites is 1. The first-order valence-corrected chi connectivity index (χ1v) is 8.99. The Kier molecular flexibility index (Phi) is 5.49. The number of carbonyl (C=O) groups is 3. The summed E-state index contributed by atoms with van der Waals surface area (Å²) in [5.41, 5.74) is 10.9. The fraction of sp³-hybridized carbons (Fsp3) is 0.190. The Morgan fingerprint density at radius 3 is 2.31 bits per heavy atom. The molecule has 1 heterocycles. The molecule has 1 aliphatic rings. The molecule has 0 aliphatic carbocycles. The normalized spacial score (nSPS) is 18.4. The summed E-state index contributed by atoms with van der Waals surface area (Å²) in [7, 11) is 1.26. The van der Waals surface area contributed by atoms with E-state index in [1.165, 1.54) is 37.6 Å². The molecule has 2 aromatic carbocycles. The van der Waals surface area contributed by atoms with E-state index in [-0.39, 0.29) is 17.2 Å². The number of fused-ring (bicyclic) bond motifs is 1. The minimum atomic E-state index is -1.25. The average molecular weight is 396 g/mol. The lowest BCUT2D eigenvalue weighted by Crippen LogP contribution is -2.60. The van der Waals surface area contributed by atoms with Crippen LogP contribution in [0.4, 0.5) is 10.5 Å². The third kappa shape index (κ3) is 3.75. The van der Waals surface area contributed by atoms with Gasteiger partial charge in [-0.25, -0.2) is 4.79 Å². The second kappa shape index (κ2) is 7.86. The van der Waals surface area contributed by atoms with E-state index in [9.17, 15) is 19.5 Å². The first kappa shape index (κ1) is 20.2. The van der Waals surface area contributed by atoms with Crippen LogP contribution in [-0.4, -0.2) is 36.2 Å². The van der Waals surface area contributed by atoms with Crippen LogP contribution in [0.25, 0.3) is 5.57 Å². The van der Waals surface area contributed by atoms with Crippen LogP contribution in [0.1, 0.15) is 39.6 Å². The van der Waals surface area contributed by atoms with Crippen molar-refractivity contribution in [2.45, 2.75) is 19.4 Å². The SMILES string of the molecule is COC(=O)c1ccc(C(=O)N[N+]2(C(=O)O)C=C(C[C@@H](C)N)c3ccccc32)cc1. The minimum Gasteiger partial charge on any atom is -0.465 e. The molecule has 2 atom stereocenters. The number of carbonyl (C=O) groups excluding carboxylic acids is 2. The largest absolute Gasteiger partial charge is 0.549 e. The maximum absolute atomic E-state index is 12.8. The summed E-state index contributed by atoms with van der Waals surface area (Å²) in [5.74, 6) is -1.13. The van der Waals surface area contributed by atoms with Crippen LogP contribution in [0.2, 0.25) is 0 Å². The van der Waals surface area contributed by atoms with E-state index in [4.69, 9.17) is 5.73 Å². The first-order chi connectivity index (χ1) is 13.8. The third-order valence-corrected chi connectivity index (χ3v) is 4.67. The number of ether oxygens (including phenoxy) is 1. The highest BCUT2D eigenvalue weighted by molar-refractivity contribution is 6.02. The average Bonchev–Trinajstić information content (AvgIpc) is 3.01. The molecule has 0 saturated heterocycles. The fourth-order valence-electron chi connectivity index (χ4n) is 3.33. The van der Waals surface area contributed by atoms with Gasteiger partial charge in [0, 0.05) is 28.8 Å². The Morgan fingerprint density at radius 1 is 1.10 bits per heavy atom. The summed E-state index contributed by atoms with van der Waals surface area (Å²) >= 11 is 0. The van der Waals surface area contributed by atoms with Gasteiger partial charge in [0.15, 0.2) is 5.69 Å². The molecule has 3 rings (SSSR count). The highest BCUT2D eigenvalue weighted by Gasteiger charge is 2.48. The van der Waals surface area contributed by atoms with Crippen molar-refractivity contribution in [1.29, 1.82) is 0 Å². The Balaban J connectivity index is 1.98. The zero-order valence-corrected chi connectivity index (χ0v) is 16.1. The molecule has 8 nitrogen and oxygen atoms in total. The Bertz CT molecular complexity index is 998. The lowest BCUT2D eigenvalue weighted by atomic mass is 10.0. The lowest BCUT2D eigenvalue weighted by molar-refractivity contribution is 0.0600. The van der Waals surface area contributed by atoms with Crippen molar-refractivity contribution in [2.24, 2.45) is 5.73 Å². The fourth-order valence-corrected chi connectivity index (χ4v) is 3.33. The van der Waals surface area contributed by atoms with Crippen molar-refractivity contribution in [3.8, 4) is 0 Å². The van der Waals surface area contributed by atoms with Gasteiger partial charge in [-0.15, -0.1) is 0 Å². The van der Waals surface area contributed by atoms with E-state index >= 15 is 0 Å². The summed E-state index contributed by atoms with van der Waals surface area (Å²) < 4.78 is 3.77. The minimum absolute atomic E-state index is 0.176. The van der Waals surface area contributed by atoms with Crippen molar-refractivity contribution in [2.75, 3.05) is 7.11 Å². The van der Waals surface area contributed by atoms with Crippen LogP contribution in [0.5, 0.6) is 0 Å². The van der Waals surface area contributed by atoms with Crippen LogP contribution in [-0.2, 0) is 4.74 Å². The van der Waals surface area contributed by atoms with Gasteiger partial charge in [-0.2, -0.15) is 10.2 Å². The molecular weight excluding hydrogens is 374 g/mol. The Labute approximate surface area is 167 Å². The van der Waals surface area contributed by atoms with E-state index in [1.54, 1.807) is 12.1 Å². The van der Waals surface area contributed by atoms with Crippen LogP contribution in [0.3, 0.4) is 0 Å². The molecule has 1 aliphatic heterocycles. The van der Waals surface area contributed by atoms with Gasteiger partial charge in [0.1, 0.15) is 6.20 Å². The number of carboxylic acid groups (broad SMARTS) is 1. The Hall–Kier alpha value is -3.49. The molecule has 2 aromatic rings. The molecule has 0 fully saturated rings. The number of quaternary nitrogens is 1. The van der Waals surface area contributed by atoms with Crippen molar-refractivity contribution in [1.82, 2.24) is 10.0 Å². The summed E-state index contributed by atoms with van der Waals surface area (Å²) in [5, 5.41) is 10.0. The highest BCUT2D eigenvalue weighted by atomic mass is 16.5. The number of nitrogens with one attached hydrogen (secondary N) is 1. The molecule has 29 heavy (non-hydrogen) atoms. The van der Waals surface area contributed by atoms with Gasteiger partial charge in [0.2, 0.25) is 0 Å². The molecule has 0 bridgehead atoms. The van der Waals surface area contributed by atoms with Gasteiger partial charge in [-0.05, 0) is 43.7 Å². The van der Waals surface area contributed by atoms with E-state index in [0.29, 0.717) is 12.1 Å². The van der Waals surface area contributed by atoms with Crippen molar-refractivity contribution in [3.63, 3.8) is 0 Å². The summed E-state index contributed by atoms with van der Waals surface area (Å²) in [4.78, 5) is 36.7. The zero-order chi connectivity index (χ0) is 21.2. The molecule has 0 aromatic heterocycles. The number of benzene rings is 2. The maximum Gasteiger partial charge on any atom is 0.549 e. The van der Waals surface area contributed by atoms with E-state index in [2.05, 4.69) is 10.2 Å². The molecule has 0 spiro atoms. The van der Waals surface area contributed by atoms with Crippen molar-refractivity contribution in [3.05, 3.63) is 71.4 Å². The van der Waals surface area contributed by atoms with Gasteiger partial charge in [0.05, 0.1) is 12.7 Å². The standard InChI is InChI=1S/C21H21N3O5/c1-13(22)11-16-12-24(21(27)28,18-6-4-3-5-17(16)18)23-19(25)14-7-9-15(10-8-14)20(26)29-2/h3-10,12-13H,11,22H2,1-2H3,(H-,23,25,27,28)/p+1/t13-,24?/m1/s1. The summed E-state index contributed by atoms with van der Waals surface area (Å²) in [6.07, 6.45) is 0.710. The number of amides is 2. The van der Waals surface area contributed by atoms with Gasteiger partial charge in [-0.1, -0.05) is 16.7 Å². The van der Waals surface area contributed by atoms with Gasteiger partial charge in [-0.3, -0.25) is 4.79 Å². The number of methoxy groups -OCH3 is 1.